The number of carbonyl (C=O) groups is 2. The van der Waals surface area contributed by atoms with Crippen LogP contribution in [0.2, 0.25) is 0 Å². The van der Waals surface area contributed by atoms with Crippen molar-refractivity contribution in [3.8, 4) is 11.5 Å². The Labute approximate surface area is 205 Å². The van der Waals surface area contributed by atoms with E-state index in [0.717, 1.165) is 12.0 Å². The number of halogens is 1. The molecule has 2 heterocycles. The predicted molar refractivity (Wildman–Crippen MR) is 131 cm³/mol. The maximum Gasteiger partial charge on any atom is 0.266 e. The second-order valence-corrected chi connectivity index (χ2v) is 9.10. The van der Waals surface area contributed by atoms with Crippen molar-refractivity contribution in [2.75, 3.05) is 17.1 Å². The van der Waals surface area contributed by atoms with Crippen molar-refractivity contribution in [1.29, 1.82) is 0 Å². The third-order valence-electron chi connectivity index (χ3n) is 6.34. The van der Waals surface area contributed by atoms with Gasteiger partial charge in [-0.15, -0.1) is 0 Å². The summed E-state index contributed by atoms with van der Waals surface area (Å²) in [5, 5.41) is 11.9. The Morgan fingerprint density at radius 2 is 1.71 bits per heavy atom. The quantitative estimate of drug-likeness (QED) is 0.486. The first-order valence-corrected chi connectivity index (χ1v) is 11.8. The molecule has 0 aliphatic carbocycles. The van der Waals surface area contributed by atoms with Crippen LogP contribution in [0.1, 0.15) is 24.1 Å². The van der Waals surface area contributed by atoms with Crippen LogP contribution in [0.4, 0.5) is 11.4 Å². The van der Waals surface area contributed by atoms with E-state index in [4.69, 9.17) is 9.57 Å². The first kappa shape index (κ1) is 22.4. The number of para-hydroxylation sites is 1. The summed E-state index contributed by atoms with van der Waals surface area (Å²) in [7, 11) is 1.46. The molecule has 174 valence electrons. The zero-order valence-corrected chi connectivity index (χ0v) is 20.2. The number of aryl methyl sites for hydroxylation is 1. The van der Waals surface area contributed by atoms with Crippen LogP contribution in [-0.4, -0.2) is 30.1 Å². The third-order valence-corrected chi connectivity index (χ3v) is 6.95. The number of hydroxylamine groups is 1. The predicted octanol–water partition coefficient (Wildman–Crippen LogP) is 4.78. The lowest BCUT2D eigenvalue weighted by atomic mass is 9.90. The van der Waals surface area contributed by atoms with Crippen LogP contribution in [0.3, 0.4) is 0 Å². The second kappa shape index (κ2) is 8.77. The first-order chi connectivity index (χ1) is 16.4. The molecule has 7 nitrogen and oxygen atoms in total. The summed E-state index contributed by atoms with van der Waals surface area (Å²) in [6.07, 6.45) is -0.107. The van der Waals surface area contributed by atoms with Crippen LogP contribution in [0.5, 0.6) is 11.5 Å². The highest BCUT2D eigenvalue weighted by atomic mass is 79.9. The average molecular weight is 523 g/mol. The number of phenols is 1. The van der Waals surface area contributed by atoms with Gasteiger partial charge in [0.25, 0.3) is 5.91 Å². The average Bonchev–Trinajstić information content (AvgIpc) is 3.37. The van der Waals surface area contributed by atoms with E-state index < -0.39 is 24.0 Å². The van der Waals surface area contributed by atoms with Gasteiger partial charge in [-0.1, -0.05) is 37.3 Å². The zero-order chi connectivity index (χ0) is 24.0. The minimum Gasteiger partial charge on any atom is -0.503 e. The van der Waals surface area contributed by atoms with Gasteiger partial charge in [-0.05, 0) is 69.9 Å². The van der Waals surface area contributed by atoms with Gasteiger partial charge in [0, 0.05) is 0 Å². The lowest BCUT2D eigenvalue weighted by Gasteiger charge is -2.29. The van der Waals surface area contributed by atoms with Gasteiger partial charge in [0.1, 0.15) is 5.92 Å². The van der Waals surface area contributed by atoms with Gasteiger partial charge in [0.05, 0.1) is 29.0 Å². The number of hydrogen-bond donors (Lipinski definition) is 1. The molecule has 34 heavy (non-hydrogen) atoms. The molecular weight excluding hydrogens is 500 g/mol. The van der Waals surface area contributed by atoms with Crippen molar-refractivity contribution >= 4 is 39.1 Å². The van der Waals surface area contributed by atoms with Gasteiger partial charge in [0.2, 0.25) is 5.91 Å². The molecule has 3 aromatic rings. The standard InChI is InChI=1S/C26H23BrN2O5/c1-3-15-9-11-17(12-10-15)28-25(31)21-22(16-13-19(27)23(30)20(14-16)33-2)29(34-24(21)26(28)32)18-7-5-4-6-8-18/h4-14,21-22,24,30H,3H2,1-2H3/t21-,22+,24+/m1/s1. The zero-order valence-electron chi connectivity index (χ0n) is 18.6. The maximum atomic E-state index is 13.7. The van der Waals surface area contributed by atoms with Crippen LogP contribution < -0.4 is 14.7 Å². The van der Waals surface area contributed by atoms with Crippen LogP contribution >= 0.6 is 15.9 Å². The molecule has 0 saturated carbocycles. The Balaban J connectivity index is 1.60. The number of rotatable bonds is 5. The van der Waals surface area contributed by atoms with Crippen molar-refractivity contribution in [3.63, 3.8) is 0 Å². The summed E-state index contributed by atoms with van der Waals surface area (Å²) in [5.74, 6) is -1.29. The van der Waals surface area contributed by atoms with Crippen LogP contribution in [-0.2, 0) is 20.8 Å². The third kappa shape index (κ3) is 3.54. The van der Waals surface area contributed by atoms with Gasteiger partial charge in [0.15, 0.2) is 17.6 Å². The van der Waals surface area contributed by atoms with Crippen molar-refractivity contribution in [2.24, 2.45) is 5.92 Å². The molecule has 0 aromatic heterocycles. The molecular formula is C26H23BrN2O5. The molecule has 3 atom stereocenters. The maximum absolute atomic E-state index is 13.7. The number of methoxy groups -OCH3 is 1. The van der Waals surface area contributed by atoms with Gasteiger partial charge in [-0.3, -0.25) is 14.4 Å². The number of hydrogen-bond acceptors (Lipinski definition) is 6. The van der Waals surface area contributed by atoms with E-state index in [2.05, 4.69) is 15.9 Å². The van der Waals surface area contributed by atoms with E-state index >= 15 is 0 Å². The number of nitrogens with zero attached hydrogens (tertiary/aromatic N) is 2. The summed E-state index contributed by atoms with van der Waals surface area (Å²) in [4.78, 5) is 34.5. The number of imide groups is 1. The van der Waals surface area contributed by atoms with Gasteiger partial charge < -0.3 is 9.84 Å². The largest absolute Gasteiger partial charge is 0.503 e. The number of anilines is 2. The highest BCUT2D eigenvalue weighted by Gasteiger charge is 2.60. The Morgan fingerprint density at radius 1 is 1.00 bits per heavy atom. The molecule has 1 N–H and O–H groups in total. The highest BCUT2D eigenvalue weighted by Crippen LogP contribution is 2.49. The first-order valence-electron chi connectivity index (χ1n) is 11.0. The molecule has 2 amide bonds. The van der Waals surface area contributed by atoms with Gasteiger partial charge in [-0.2, -0.15) is 0 Å². The Morgan fingerprint density at radius 3 is 2.35 bits per heavy atom. The molecule has 5 rings (SSSR count). The fourth-order valence-electron chi connectivity index (χ4n) is 4.61. The van der Waals surface area contributed by atoms with Crippen LogP contribution in [0, 0.1) is 5.92 Å². The summed E-state index contributed by atoms with van der Waals surface area (Å²) < 4.78 is 5.76. The van der Waals surface area contributed by atoms with Crippen molar-refractivity contribution in [3.05, 3.63) is 82.3 Å². The number of benzene rings is 3. The van der Waals surface area contributed by atoms with E-state index in [1.807, 2.05) is 49.4 Å². The smallest absolute Gasteiger partial charge is 0.266 e. The molecule has 2 aliphatic heterocycles. The molecule has 0 unspecified atom stereocenters. The number of ether oxygens (including phenoxy) is 1. The van der Waals surface area contributed by atoms with E-state index in [1.165, 1.54) is 12.0 Å². The molecule has 2 aliphatic rings. The number of amides is 2. The Kier molecular flexibility index (Phi) is 5.79. The Hall–Kier alpha value is -3.36. The Bertz CT molecular complexity index is 1250. The normalized spacial score (nSPS) is 21.8. The molecule has 2 saturated heterocycles. The molecule has 3 aromatic carbocycles. The lowest BCUT2D eigenvalue weighted by Crippen LogP contribution is -2.37. The van der Waals surface area contributed by atoms with E-state index in [-0.39, 0.29) is 17.4 Å². The molecule has 2 fully saturated rings. The number of phenolic OH excluding ortho intramolecular Hbond substituents is 1. The van der Waals surface area contributed by atoms with E-state index in [1.54, 1.807) is 29.3 Å². The summed E-state index contributed by atoms with van der Waals surface area (Å²) in [6, 6.07) is 19.5. The summed E-state index contributed by atoms with van der Waals surface area (Å²) >= 11 is 3.37. The molecule has 0 bridgehead atoms. The summed E-state index contributed by atoms with van der Waals surface area (Å²) in [5.41, 5.74) is 3.03. The van der Waals surface area contributed by atoms with E-state index in [0.29, 0.717) is 21.4 Å². The fourth-order valence-corrected chi connectivity index (χ4v) is 5.07. The highest BCUT2D eigenvalue weighted by molar-refractivity contribution is 9.10. The SMILES string of the molecule is CCc1ccc(N2C(=O)[C@H]3[C@H](ON(c4ccccc4)[C@H]3c3cc(Br)c(O)c(OC)c3)C2=O)cc1. The van der Waals surface area contributed by atoms with Crippen molar-refractivity contribution < 1.29 is 24.3 Å². The second-order valence-electron chi connectivity index (χ2n) is 8.24. The van der Waals surface area contributed by atoms with Gasteiger partial charge >= 0.3 is 0 Å². The summed E-state index contributed by atoms with van der Waals surface area (Å²) in [6.45, 7) is 2.05. The monoisotopic (exact) mass is 522 g/mol. The number of fused-ring (bicyclic) bond motifs is 1. The fraction of sp³-hybridized carbons (Fsp3) is 0.231. The molecule has 0 radical (unpaired) electrons. The number of aromatic hydroxyl groups is 1. The van der Waals surface area contributed by atoms with E-state index in [9.17, 15) is 14.7 Å². The molecule has 0 spiro atoms. The van der Waals surface area contributed by atoms with Crippen molar-refractivity contribution in [2.45, 2.75) is 25.5 Å². The molecule has 8 heteroatoms. The van der Waals surface area contributed by atoms with Crippen LogP contribution in [0.15, 0.2) is 71.2 Å². The van der Waals surface area contributed by atoms with Crippen LogP contribution in [0.25, 0.3) is 0 Å². The topological polar surface area (TPSA) is 79.3 Å². The minimum atomic E-state index is -0.970. The lowest BCUT2D eigenvalue weighted by molar-refractivity contribution is -0.126. The minimum absolute atomic E-state index is 0.0422. The van der Waals surface area contributed by atoms with Gasteiger partial charge in [-0.25, -0.2) is 9.96 Å². The van der Waals surface area contributed by atoms with Crippen molar-refractivity contribution in [1.82, 2.24) is 0 Å². The number of carbonyl (C=O) groups excluding carboxylic acids is 2.